The van der Waals surface area contributed by atoms with Crippen LogP contribution in [0.1, 0.15) is 5.56 Å². The van der Waals surface area contributed by atoms with Gasteiger partial charge in [0.1, 0.15) is 0 Å². The number of urea groups is 1. The van der Waals surface area contributed by atoms with Crippen molar-refractivity contribution in [1.82, 2.24) is 25.5 Å². The Morgan fingerprint density at radius 2 is 1.81 bits per heavy atom. The fourth-order valence-electron chi connectivity index (χ4n) is 2.11. The lowest BCUT2D eigenvalue weighted by Gasteiger charge is -2.07. The molecular formula is C17H15BrN6O2S. The van der Waals surface area contributed by atoms with Gasteiger partial charge in [-0.15, -0.1) is 5.10 Å². The maximum absolute atomic E-state index is 12.0. The zero-order chi connectivity index (χ0) is 19.2. The van der Waals surface area contributed by atoms with Crippen molar-refractivity contribution < 1.29 is 9.59 Å². The summed E-state index contributed by atoms with van der Waals surface area (Å²) in [7, 11) is 0. The lowest BCUT2D eigenvalue weighted by Crippen LogP contribution is -2.35. The van der Waals surface area contributed by atoms with Crippen molar-refractivity contribution in [2.24, 2.45) is 0 Å². The van der Waals surface area contributed by atoms with Crippen LogP contribution in [0.3, 0.4) is 0 Å². The van der Waals surface area contributed by atoms with E-state index in [-0.39, 0.29) is 5.75 Å². The molecule has 2 aromatic carbocycles. The standard InChI is InChI=1S/C17H15BrN6O2S/c1-11-2-8-14(9-3-11)24-17(21-22-23-24)27-10-15(25)20-16(26)19-13-6-4-12(18)5-7-13/h2-9H,10H2,1H3,(H2,19,20,25,26). The van der Waals surface area contributed by atoms with E-state index in [4.69, 9.17) is 0 Å². The minimum atomic E-state index is -0.596. The van der Waals surface area contributed by atoms with Gasteiger partial charge < -0.3 is 5.32 Å². The quantitative estimate of drug-likeness (QED) is 0.583. The molecule has 0 aliphatic heterocycles. The van der Waals surface area contributed by atoms with Crippen molar-refractivity contribution in [3.63, 3.8) is 0 Å². The number of anilines is 1. The molecule has 138 valence electrons. The van der Waals surface area contributed by atoms with Crippen LogP contribution in [0.4, 0.5) is 10.5 Å². The number of hydrogen-bond acceptors (Lipinski definition) is 6. The lowest BCUT2D eigenvalue weighted by molar-refractivity contribution is -0.117. The summed E-state index contributed by atoms with van der Waals surface area (Å²) in [6.07, 6.45) is 0. The molecule has 0 radical (unpaired) electrons. The van der Waals surface area contributed by atoms with Gasteiger partial charge >= 0.3 is 6.03 Å². The van der Waals surface area contributed by atoms with E-state index in [0.717, 1.165) is 27.5 Å². The second kappa shape index (κ2) is 8.78. The predicted molar refractivity (Wildman–Crippen MR) is 106 cm³/mol. The van der Waals surface area contributed by atoms with Crippen LogP contribution in [0.2, 0.25) is 0 Å². The predicted octanol–water partition coefficient (Wildman–Crippen LogP) is 3.17. The molecule has 0 saturated heterocycles. The Kier molecular flexibility index (Phi) is 6.20. The average Bonchev–Trinajstić information content (AvgIpc) is 3.11. The van der Waals surface area contributed by atoms with Gasteiger partial charge in [-0.25, -0.2) is 4.79 Å². The van der Waals surface area contributed by atoms with Gasteiger partial charge in [0.2, 0.25) is 11.1 Å². The number of rotatable bonds is 5. The molecule has 2 N–H and O–H groups in total. The van der Waals surface area contributed by atoms with E-state index in [1.165, 1.54) is 0 Å². The number of tetrazole rings is 1. The number of nitrogens with zero attached hydrogens (tertiary/aromatic N) is 4. The molecule has 8 nitrogen and oxygen atoms in total. The van der Waals surface area contributed by atoms with Crippen LogP contribution in [0, 0.1) is 6.92 Å². The summed E-state index contributed by atoms with van der Waals surface area (Å²) in [6, 6.07) is 14.1. The third-order valence-electron chi connectivity index (χ3n) is 3.41. The highest BCUT2D eigenvalue weighted by Gasteiger charge is 2.13. The molecule has 0 saturated carbocycles. The maximum atomic E-state index is 12.0. The normalized spacial score (nSPS) is 10.4. The molecule has 1 aromatic heterocycles. The largest absolute Gasteiger partial charge is 0.325 e. The van der Waals surface area contributed by atoms with Gasteiger partial charge in [-0.1, -0.05) is 45.4 Å². The molecule has 3 amide bonds. The van der Waals surface area contributed by atoms with Gasteiger partial charge in [-0.2, -0.15) is 4.68 Å². The van der Waals surface area contributed by atoms with Crippen molar-refractivity contribution in [3.05, 3.63) is 58.6 Å². The number of amides is 3. The number of halogens is 1. The van der Waals surface area contributed by atoms with Crippen molar-refractivity contribution in [2.45, 2.75) is 12.1 Å². The van der Waals surface area contributed by atoms with Crippen LogP contribution < -0.4 is 10.6 Å². The number of carbonyl (C=O) groups is 2. The molecule has 0 atom stereocenters. The molecule has 0 aliphatic rings. The highest BCUT2D eigenvalue weighted by molar-refractivity contribution is 9.10. The smallest absolute Gasteiger partial charge is 0.308 e. The van der Waals surface area contributed by atoms with Crippen LogP contribution >= 0.6 is 27.7 Å². The monoisotopic (exact) mass is 446 g/mol. The number of nitrogens with one attached hydrogen (secondary N) is 2. The first-order chi connectivity index (χ1) is 13.0. The van der Waals surface area contributed by atoms with Crippen molar-refractivity contribution >= 4 is 45.3 Å². The highest BCUT2D eigenvalue weighted by Crippen LogP contribution is 2.18. The summed E-state index contributed by atoms with van der Waals surface area (Å²) >= 11 is 4.45. The van der Waals surface area contributed by atoms with E-state index in [0.29, 0.717) is 10.8 Å². The second-order valence-corrected chi connectivity index (χ2v) is 7.36. The van der Waals surface area contributed by atoms with E-state index >= 15 is 0 Å². The van der Waals surface area contributed by atoms with E-state index < -0.39 is 11.9 Å². The summed E-state index contributed by atoms with van der Waals surface area (Å²) in [6.45, 7) is 1.99. The van der Waals surface area contributed by atoms with E-state index in [2.05, 4.69) is 42.1 Å². The fourth-order valence-corrected chi connectivity index (χ4v) is 3.06. The van der Waals surface area contributed by atoms with Crippen LogP contribution in [0.5, 0.6) is 0 Å². The molecule has 0 spiro atoms. The second-order valence-electron chi connectivity index (χ2n) is 5.51. The number of aryl methyl sites for hydroxylation is 1. The zero-order valence-electron chi connectivity index (χ0n) is 14.2. The topological polar surface area (TPSA) is 102 Å². The Hall–Kier alpha value is -2.72. The fraction of sp³-hybridized carbons (Fsp3) is 0.118. The van der Waals surface area contributed by atoms with Crippen molar-refractivity contribution in [2.75, 3.05) is 11.1 Å². The molecule has 0 fully saturated rings. The molecule has 3 aromatic rings. The van der Waals surface area contributed by atoms with E-state index in [1.807, 2.05) is 31.2 Å². The summed E-state index contributed by atoms with van der Waals surface area (Å²) in [5.74, 6) is -0.451. The molecular weight excluding hydrogens is 432 g/mol. The third-order valence-corrected chi connectivity index (χ3v) is 4.85. The molecule has 0 bridgehead atoms. The lowest BCUT2D eigenvalue weighted by atomic mass is 10.2. The Labute approximate surface area is 167 Å². The number of carbonyl (C=O) groups excluding carboxylic acids is 2. The first kappa shape index (κ1) is 19.1. The Morgan fingerprint density at radius 1 is 1.11 bits per heavy atom. The van der Waals surface area contributed by atoms with Gasteiger partial charge in [0, 0.05) is 10.2 Å². The summed E-state index contributed by atoms with van der Waals surface area (Å²) in [5.41, 5.74) is 2.50. The summed E-state index contributed by atoms with van der Waals surface area (Å²) < 4.78 is 2.44. The van der Waals surface area contributed by atoms with Gasteiger partial charge in [-0.05, 0) is 53.7 Å². The molecule has 0 unspecified atom stereocenters. The van der Waals surface area contributed by atoms with Crippen LogP contribution in [-0.4, -0.2) is 37.9 Å². The Balaban J connectivity index is 1.54. The maximum Gasteiger partial charge on any atom is 0.325 e. The summed E-state index contributed by atoms with van der Waals surface area (Å²) in [4.78, 5) is 23.9. The van der Waals surface area contributed by atoms with Gasteiger partial charge in [0.05, 0.1) is 11.4 Å². The van der Waals surface area contributed by atoms with Crippen LogP contribution in [-0.2, 0) is 4.79 Å². The van der Waals surface area contributed by atoms with Crippen LogP contribution in [0.15, 0.2) is 58.2 Å². The number of thioether (sulfide) groups is 1. The Morgan fingerprint density at radius 3 is 2.52 bits per heavy atom. The minimum absolute atomic E-state index is 0.00000743. The SMILES string of the molecule is Cc1ccc(-n2nnnc2SCC(=O)NC(=O)Nc2ccc(Br)cc2)cc1. The number of hydrogen-bond donors (Lipinski definition) is 2. The average molecular weight is 447 g/mol. The Bertz CT molecular complexity index is 943. The van der Waals surface area contributed by atoms with Gasteiger partial charge in [0.15, 0.2) is 0 Å². The molecule has 1 heterocycles. The molecule has 0 aliphatic carbocycles. The first-order valence-corrected chi connectivity index (χ1v) is 9.64. The van der Waals surface area contributed by atoms with Crippen molar-refractivity contribution in [1.29, 1.82) is 0 Å². The van der Waals surface area contributed by atoms with Gasteiger partial charge in [0.25, 0.3) is 0 Å². The minimum Gasteiger partial charge on any atom is -0.308 e. The van der Waals surface area contributed by atoms with Crippen molar-refractivity contribution in [3.8, 4) is 5.69 Å². The number of aromatic nitrogens is 4. The third kappa shape index (κ3) is 5.38. The first-order valence-electron chi connectivity index (χ1n) is 7.86. The highest BCUT2D eigenvalue weighted by atomic mass is 79.9. The molecule has 10 heteroatoms. The summed E-state index contributed by atoms with van der Waals surface area (Å²) in [5, 5.41) is 16.8. The van der Waals surface area contributed by atoms with E-state index in [1.54, 1.807) is 28.9 Å². The van der Waals surface area contributed by atoms with Gasteiger partial charge in [-0.3, -0.25) is 10.1 Å². The number of benzene rings is 2. The zero-order valence-corrected chi connectivity index (χ0v) is 16.6. The molecule has 27 heavy (non-hydrogen) atoms. The van der Waals surface area contributed by atoms with E-state index in [9.17, 15) is 9.59 Å². The van der Waals surface area contributed by atoms with Crippen LogP contribution in [0.25, 0.3) is 5.69 Å². The number of imide groups is 1. The molecule has 3 rings (SSSR count).